The van der Waals surface area contributed by atoms with Gasteiger partial charge in [-0.2, -0.15) is 0 Å². The Morgan fingerprint density at radius 3 is 1.87 bits per heavy atom. The van der Waals surface area contributed by atoms with Crippen molar-refractivity contribution in [3.05, 3.63) is 53.6 Å². The molecule has 5 saturated heterocycles. The van der Waals surface area contributed by atoms with Crippen molar-refractivity contribution in [3.8, 4) is 0 Å². The molecule has 36 atom stereocenters. The number of fused-ring (bicyclic) bond motifs is 7. The Balaban J connectivity index is 0.862. The van der Waals surface area contributed by atoms with Gasteiger partial charge in [0, 0.05) is 18.9 Å². The highest BCUT2D eigenvalue weighted by Gasteiger charge is 2.71. The van der Waals surface area contributed by atoms with E-state index in [1.807, 2.05) is 32.9 Å². The number of rotatable bonds is 18. The van der Waals surface area contributed by atoms with Crippen LogP contribution in [0.25, 0.3) is 6.08 Å². The van der Waals surface area contributed by atoms with Crippen LogP contribution in [0.15, 0.2) is 42.5 Å². The average molecular weight is 1440 g/mol. The van der Waals surface area contributed by atoms with Crippen molar-refractivity contribution in [1.29, 1.82) is 0 Å². The molecule has 0 amide bonds. The zero-order valence-electron chi connectivity index (χ0n) is 58.3. The number of hydrogen-bond donors (Lipinski definition) is 12. The molecule has 0 spiro atoms. The van der Waals surface area contributed by atoms with Crippen LogP contribution in [0.3, 0.4) is 0 Å². The molecule has 5 aliphatic heterocycles. The quantitative estimate of drug-likeness (QED) is 0.0223. The molecule has 566 valence electrons. The number of benzene rings is 1. The minimum absolute atomic E-state index is 0.0249. The summed E-state index contributed by atoms with van der Waals surface area (Å²) in [7, 11) is 0. The molecule has 11 rings (SSSR count). The van der Waals surface area contributed by atoms with Gasteiger partial charge in [0.1, 0.15) is 85.6 Å². The second-order valence-corrected chi connectivity index (χ2v) is 31.6. The lowest BCUT2D eigenvalue weighted by Gasteiger charge is -2.71. The third-order valence-electron chi connectivity index (χ3n) is 24.7. The lowest BCUT2D eigenvalue weighted by atomic mass is 9.33. The summed E-state index contributed by atoms with van der Waals surface area (Å²) in [4.78, 5) is 68.4. The van der Waals surface area contributed by atoms with Gasteiger partial charge in [-0.1, -0.05) is 83.5 Å². The summed E-state index contributed by atoms with van der Waals surface area (Å²) in [5.41, 5.74) is -2.12. The molecule has 0 radical (unpaired) electrons. The van der Waals surface area contributed by atoms with Crippen molar-refractivity contribution in [2.75, 3.05) is 13.2 Å². The SMILES string of the molecule is CC(=O)OC1C(OC(=O)/C=C\c2ccc(C)cc2)C(C)OC(OC(=O)[C@@H]2CC(C)(C)C[C@@H]3C2[C@H](O)C[C@]2(C)C3C=C[C@@H]3[C@@]4(C)CC[C@H](OC5OC(OC=O)C(O)C(OC6OCC(O)C(O)C6O)C5OC5OC(CO)C(O)C(O)C5O)[C@@](C)(C=O)[C@@H]4CC[C@]32C)C1OC1OC(C)C(O)C(O)C1O. The number of aliphatic hydroxyl groups excluding tert-OH is 12. The van der Waals surface area contributed by atoms with Crippen LogP contribution in [0.2, 0.25) is 0 Å². The molecule has 12 N–H and O–H groups in total. The van der Waals surface area contributed by atoms with E-state index in [1.54, 1.807) is 19.1 Å². The standard InChI is InChI=1S/C71H102O30/c1-30-11-13-34(14-12-30)15-18-44(78)96-55-32(3)92-65(59(57(55)93-33(4)75)99-63-52(85)49(82)46(79)31(2)91-63)100-60(88)36-24-67(5,6)23-35-37-16-17-42-68(7)21-20-43(69(8,28-73)41(68)19-22-70(42,9)71(37,10)25-38(76)45(35)36)95-66-58(98-64-53(86)50(83)48(81)40(26-72)94-64)56(54(87)62(101-66)90-29-74)97-61-51(84)47(80)39(77)27-89-61/h11-18,28-29,31-32,35-43,45-59,61-66,72,76-77,79-87H,19-27H2,1-10H3/b18-15-/t31?,32?,35-,36+,37?,38+,39?,40?,41+,42+,43-,45?,46?,47?,48?,49?,50?,51?,52?,53?,54?,55?,56?,57?,58?,59?,61?,62?,63?,64?,65?,66?,68-,69-,70+,71+/m0/s1. The summed E-state index contributed by atoms with van der Waals surface area (Å²) in [5, 5.41) is 132. The number of aliphatic hydroxyl groups is 12. The Hall–Kier alpha value is -4.59. The van der Waals surface area contributed by atoms with E-state index in [4.69, 9.17) is 61.6 Å². The number of aryl methyl sites for hydroxylation is 1. The van der Waals surface area contributed by atoms with Crippen molar-refractivity contribution in [2.24, 2.45) is 62.6 Å². The maximum absolute atomic E-state index is 15.5. The van der Waals surface area contributed by atoms with Gasteiger partial charge in [-0.05, 0) is 123 Å². The van der Waals surface area contributed by atoms with Gasteiger partial charge < -0.3 is 128 Å². The summed E-state index contributed by atoms with van der Waals surface area (Å²) in [6, 6.07) is 7.33. The molecule has 101 heavy (non-hydrogen) atoms. The van der Waals surface area contributed by atoms with Crippen molar-refractivity contribution < 1.29 is 147 Å². The Morgan fingerprint density at radius 1 is 0.584 bits per heavy atom. The smallest absolute Gasteiger partial charge is 0.331 e. The summed E-state index contributed by atoms with van der Waals surface area (Å²) in [5.74, 6) is -5.39. The molecule has 1 aromatic carbocycles. The lowest BCUT2D eigenvalue weighted by molar-refractivity contribution is -0.410. The van der Waals surface area contributed by atoms with Crippen LogP contribution >= 0.6 is 0 Å². The van der Waals surface area contributed by atoms with Gasteiger partial charge in [-0.3, -0.25) is 14.4 Å². The molecule has 5 aliphatic carbocycles. The van der Waals surface area contributed by atoms with Crippen LogP contribution in [0.1, 0.15) is 118 Å². The Morgan fingerprint density at radius 2 is 1.22 bits per heavy atom. The van der Waals surface area contributed by atoms with Crippen LogP contribution in [0.5, 0.6) is 0 Å². The van der Waals surface area contributed by atoms with Gasteiger partial charge in [0.25, 0.3) is 6.47 Å². The van der Waals surface area contributed by atoms with E-state index < -0.39 is 236 Å². The Bertz CT molecular complexity index is 3150. The lowest BCUT2D eigenvalue weighted by Crippen LogP contribution is -2.69. The first-order chi connectivity index (χ1) is 47.5. The molecule has 30 nitrogen and oxygen atoms in total. The maximum Gasteiger partial charge on any atom is 0.331 e. The monoisotopic (exact) mass is 1430 g/mol. The molecule has 9 fully saturated rings. The average Bonchev–Trinajstić information content (AvgIpc) is 0.676. The van der Waals surface area contributed by atoms with Crippen LogP contribution in [0.4, 0.5) is 0 Å². The predicted octanol–water partition coefficient (Wildman–Crippen LogP) is -0.373. The van der Waals surface area contributed by atoms with Crippen LogP contribution in [-0.2, 0) is 85.6 Å². The van der Waals surface area contributed by atoms with Crippen molar-refractivity contribution in [3.63, 3.8) is 0 Å². The Labute approximate surface area is 585 Å². The van der Waals surface area contributed by atoms with E-state index >= 15 is 4.79 Å². The van der Waals surface area contributed by atoms with Crippen molar-refractivity contribution >= 4 is 36.7 Å². The van der Waals surface area contributed by atoms with E-state index in [1.165, 1.54) is 26.0 Å². The number of carbonyl (C=O) groups excluding carboxylic acids is 5. The molecular weight excluding hydrogens is 1330 g/mol. The van der Waals surface area contributed by atoms with Gasteiger partial charge in [0.2, 0.25) is 12.6 Å². The van der Waals surface area contributed by atoms with E-state index in [0.717, 1.165) is 18.8 Å². The third kappa shape index (κ3) is 14.4. The molecule has 5 heterocycles. The van der Waals surface area contributed by atoms with E-state index in [0.29, 0.717) is 31.2 Å². The van der Waals surface area contributed by atoms with Gasteiger partial charge in [-0.15, -0.1) is 0 Å². The summed E-state index contributed by atoms with van der Waals surface area (Å²) >= 11 is 0. The highest BCUT2D eigenvalue weighted by molar-refractivity contribution is 5.87. The van der Waals surface area contributed by atoms with E-state index in [2.05, 4.69) is 32.9 Å². The molecule has 30 heteroatoms. The van der Waals surface area contributed by atoms with Crippen LogP contribution in [0, 0.1) is 69.5 Å². The van der Waals surface area contributed by atoms with Crippen molar-refractivity contribution in [2.45, 2.75) is 274 Å². The highest BCUT2D eigenvalue weighted by atomic mass is 16.8. The first kappa shape index (κ1) is 77.5. The van der Waals surface area contributed by atoms with Gasteiger partial charge in [-0.25, -0.2) is 4.79 Å². The first-order valence-corrected chi connectivity index (χ1v) is 35.1. The van der Waals surface area contributed by atoms with Gasteiger partial charge >= 0.3 is 17.9 Å². The number of hydrogen-bond acceptors (Lipinski definition) is 30. The number of aldehydes is 1. The second kappa shape index (κ2) is 30.0. The molecular formula is C71H102O30. The van der Waals surface area contributed by atoms with Crippen LogP contribution in [-0.4, -0.2) is 265 Å². The third-order valence-corrected chi connectivity index (χ3v) is 24.7. The molecule has 4 saturated carbocycles. The minimum atomic E-state index is -2.03. The fourth-order valence-electron chi connectivity index (χ4n) is 19.2. The van der Waals surface area contributed by atoms with Crippen molar-refractivity contribution in [1.82, 2.24) is 0 Å². The van der Waals surface area contributed by atoms with Gasteiger partial charge in [0.05, 0.1) is 49.0 Å². The molecule has 10 aliphatic rings. The van der Waals surface area contributed by atoms with E-state index in [-0.39, 0.29) is 43.5 Å². The zero-order chi connectivity index (χ0) is 73.5. The fourth-order valence-corrected chi connectivity index (χ4v) is 19.2. The summed E-state index contributed by atoms with van der Waals surface area (Å²) in [6.45, 7) is 16.9. The number of carbonyl (C=O) groups is 5. The summed E-state index contributed by atoms with van der Waals surface area (Å²) < 4.78 is 78.7. The topological polar surface area (TPSA) is 448 Å². The maximum atomic E-state index is 15.5. The minimum Gasteiger partial charge on any atom is -0.455 e. The fraction of sp³-hybridized carbons (Fsp3) is 0.789. The highest BCUT2D eigenvalue weighted by Crippen LogP contribution is 2.75. The molecule has 0 aromatic heterocycles. The molecule has 1 aromatic rings. The Kier molecular flexibility index (Phi) is 23.0. The zero-order valence-corrected chi connectivity index (χ0v) is 58.3. The number of esters is 3. The van der Waals surface area contributed by atoms with Crippen LogP contribution < -0.4 is 0 Å². The number of allylic oxidation sites excluding steroid dienone is 2. The second-order valence-electron chi connectivity index (χ2n) is 31.6. The van der Waals surface area contributed by atoms with E-state index in [9.17, 15) is 80.5 Å². The largest absolute Gasteiger partial charge is 0.455 e. The summed E-state index contributed by atoms with van der Waals surface area (Å²) in [6.07, 6.45) is -33.1. The molecule has 0 bridgehead atoms. The number of ether oxygens (including phenoxy) is 13. The molecule has 26 unspecified atom stereocenters. The predicted molar refractivity (Wildman–Crippen MR) is 342 cm³/mol. The normalized spacial score (nSPS) is 49.5. The van der Waals surface area contributed by atoms with Gasteiger partial charge in [0.15, 0.2) is 43.5 Å². The first-order valence-electron chi connectivity index (χ1n) is 35.1.